The van der Waals surface area contributed by atoms with E-state index < -0.39 is 5.97 Å². The molecule has 7 heteroatoms. The molecule has 0 spiro atoms. The molecule has 1 aromatic carbocycles. The number of nitrogens with one attached hydrogen (secondary N) is 1. The van der Waals surface area contributed by atoms with Crippen LogP contribution in [0.15, 0.2) is 24.3 Å². The number of nitrogens with zero attached hydrogens (tertiary/aromatic N) is 2. The summed E-state index contributed by atoms with van der Waals surface area (Å²) in [5.41, 5.74) is 2.63. The van der Waals surface area contributed by atoms with Gasteiger partial charge in [0.25, 0.3) is 5.91 Å². The summed E-state index contributed by atoms with van der Waals surface area (Å²) < 4.78 is 0. The number of aryl methyl sites for hydroxylation is 1. The summed E-state index contributed by atoms with van der Waals surface area (Å²) in [5, 5.41) is 10.0. The van der Waals surface area contributed by atoms with Crippen molar-refractivity contribution in [3.63, 3.8) is 0 Å². The number of benzene rings is 1. The van der Waals surface area contributed by atoms with Crippen LogP contribution in [-0.2, 0) is 9.59 Å². The number of aromatic amines is 1. The predicted octanol–water partition coefficient (Wildman–Crippen LogP) is 2.40. The molecule has 0 saturated carbocycles. The zero-order valence-corrected chi connectivity index (χ0v) is 15.7. The number of carboxylic acid groups (broad SMARTS) is 1. The third kappa shape index (κ3) is 4.30. The van der Waals surface area contributed by atoms with Gasteiger partial charge in [0.05, 0.1) is 0 Å². The van der Waals surface area contributed by atoms with Crippen molar-refractivity contribution >= 4 is 28.7 Å². The second kappa shape index (κ2) is 7.82. The number of carboxylic acids is 1. The van der Waals surface area contributed by atoms with Crippen LogP contribution in [0.4, 0.5) is 0 Å². The maximum absolute atomic E-state index is 12.9. The Hall–Kier alpha value is -2.83. The Balaban J connectivity index is 1.71. The smallest absolute Gasteiger partial charge is 0.323 e. The minimum Gasteiger partial charge on any atom is -0.480 e. The summed E-state index contributed by atoms with van der Waals surface area (Å²) in [6, 6.07) is 7.74. The highest BCUT2D eigenvalue weighted by molar-refractivity contribution is 5.98. The lowest BCUT2D eigenvalue weighted by atomic mass is 10.1. The molecule has 1 atom stereocenters. The zero-order chi connectivity index (χ0) is 19.6. The Morgan fingerprint density at radius 1 is 1.22 bits per heavy atom. The maximum atomic E-state index is 12.9. The number of aromatic nitrogens is 1. The molecule has 1 saturated heterocycles. The van der Waals surface area contributed by atoms with Crippen LogP contribution in [0, 0.1) is 6.92 Å². The first-order valence-electron chi connectivity index (χ1n) is 9.23. The number of aliphatic carboxylic acids is 1. The topological polar surface area (TPSA) is 93.7 Å². The number of H-pyrrole nitrogens is 1. The number of hydrogen-bond donors (Lipinski definition) is 2. The van der Waals surface area contributed by atoms with E-state index in [4.69, 9.17) is 5.11 Å². The van der Waals surface area contributed by atoms with Crippen LogP contribution < -0.4 is 0 Å². The van der Waals surface area contributed by atoms with Crippen molar-refractivity contribution in [2.75, 3.05) is 19.6 Å². The second-order valence-electron chi connectivity index (χ2n) is 7.19. The molecule has 2 heterocycles. The lowest BCUT2D eigenvalue weighted by Crippen LogP contribution is -2.43. The monoisotopic (exact) mass is 371 g/mol. The van der Waals surface area contributed by atoms with Gasteiger partial charge >= 0.3 is 5.97 Å². The molecule has 0 bridgehead atoms. The number of amides is 2. The molecule has 1 unspecified atom stereocenters. The van der Waals surface area contributed by atoms with Crippen molar-refractivity contribution in [2.24, 2.45) is 0 Å². The average Bonchev–Trinajstić information content (AvgIpc) is 2.87. The predicted molar refractivity (Wildman–Crippen MR) is 102 cm³/mol. The highest BCUT2D eigenvalue weighted by Crippen LogP contribution is 2.21. The van der Waals surface area contributed by atoms with Gasteiger partial charge in [-0.3, -0.25) is 14.4 Å². The van der Waals surface area contributed by atoms with Gasteiger partial charge in [0, 0.05) is 37.0 Å². The van der Waals surface area contributed by atoms with E-state index in [-0.39, 0.29) is 24.4 Å². The molecule has 0 aliphatic carbocycles. The first-order valence-corrected chi connectivity index (χ1v) is 9.23. The van der Waals surface area contributed by atoms with E-state index in [1.54, 1.807) is 4.90 Å². The third-order valence-electron chi connectivity index (χ3n) is 5.14. The number of carbonyl (C=O) groups is 3. The maximum Gasteiger partial charge on any atom is 0.323 e. The van der Waals surface area contributed by atoms with Gasteiger partial charge in [-0.25, -0.2) is 0 Å². The molecule has 1 aliphatic heterocycles. The number of likely N-dealkylation sites (tertiary alicyclic amines) is 1. The Kier molecular flexibility index (Phi) is 5.48. The minimum atomic E-state index is -1.02. The fourth-order valence-corrected chi connectivity index (χ4v) is 3.76. The fourth-order valence-electron chi connectivity index (χ4n) is 3.76. The van der Waals surface area contributed by atoms with Crippen molar-refractivity contribution in [1.82, 2.24) is 14.8 Å². The molecule has 7 nitrogen and oxygen atoms in total. The van der Waals surface area contributed by atoms with Gasteiger partial charge in [-0.15, -0.1) is 0 Å². The Morgan fingerprint density at radius 2 is 2.00 bits per heavy atom. The van der Waals surface area contributed by atoms with Crippen molar-refractivity contribution in [3.8, 4) is 0 Å². The largest absolute Gasteiger partial charge is 0.480 e. The van der Waals surface area contributed by atoms with Crippen LogP contribution in [0.1, 0.15) is 42.2 Å². The molecule has 27 heavy (non-hydrogen) atoms. The van der Waals surface area contributed by atoms with E-state index in [0.717, 1.165) is 22.9 Å². The quantitative estimate of drug-likeness (QED) is 0.863. The van der Waals surface area contributed by atoms with Crippen molar-refractivity contribution in [3.05, 3.63) is 35.5 Å². The summed E-state index contributed by atoms with van der Waals surface area (Å²) >= 11 is 0. The molecule has 144 valence electrons. The van der Waals surface area contributed by atoms with E-state index in [9.17, 15) is 14.4 Å². The van der Waals surface area contributed by atoms with Crippen molar-refractivity contribution in [2.45, 2.75) is 39.2 Å². The average molecular weight is 371 g/mol. The molecule has 2 aromatic rings. The van der Waals surface area contributed by atoms with Gasteiger partial charge in [-0.05, 0) is 43.9 Å². The van der Waals surface area contributed by atoms with Crippen LogP contribution in [0.3, 0.4) is 0 Å². The van der Waals surface area contributed by atoms with Crippen LogP contribution in [-0.4, -0.2) is 63.4 Å². The first kappa shape index (κ1) is 18.9. The van der Waals surface area contributed by atoms with Crippen LogP contribution in [0.2, 0.25) is 0 Å². The first-order chi connectivity index (χ1) is 12.8. The van der Waals surface area contributed by atoms with Gasteiger partial charge in [-0.1, -0.05) is 12.1 Å². The molecule has 3 rings (SSSR count). The van der Waals surface area contributed by atoms with Gasteiger partial charge in [0.15, 0.2) is 0 Å². The van der Waals surface area contributed by atoms with Crippen molar-refractivity contribution in [1.29, 1.82) is 0 Å². The standard InChI is InChI=1S/C20H25N3O4/c1-13-5-6-15-11-18(21-17(15)10-13)20(27)22-8-3-4-16(7-9-22)23(14(2)24)12-19(25)26/h5-6,10-11,16,21H,3-4,7-9,12H2,1-2H3,(H,25,26). The van der Waals surface area contributed by atoms with Crippen molar-refractivity contribution < 1.29 is 19.5 Å². The number of fused-ring (bicyclic) bond motifs is 1. The molecule has 1 aromatic heterocycles. The second-order valence-corrected chi connectivity index (χ2v) is 7.19. The van der Waals surface area contributed by atoms with Gasteiger partial charge in [0.1, 0.15) is 12.2 Å². The number of rotatable bonds is 4. The minimum absolute atomic E-state index is 0.0582. The molecule has 1 fully saturated rings. The molecule has 1 aliphatic rings. The normalized spacial score (nSPS) is 17.6. The lowest BCUT2D eigenvalue weighted by Gasteiger charge is -2.28. The number of hydrogen-bond acceptors (Lipinski definition) is 3. The Morgan fingerprint density at radius 3 is 2.70 bits per heavy atom. The van der Waals surface area contributed by atoms with E-state index in [2.05, 4.69) is 4.98 Å². The molecule has 2 amide bonds. The van der Waals surface area contributed by atoms with Gasteiger partial charge in [-0.2, -0.15) is 0 Å². The third-order valence-corrected chi connectivity index (χ3v) is 5.14. The lowest BCUT2D eigenvalue weighted by molar-refractivity contribution is -0.145. The summed E-state index contributed by atoms with van der Waals surface area (Å²) in [7, 11) is 0. The molecular formula is C20H25N3O4. The van der Waals surface area contributed by atoms with Crippen LogP contribution in [0.25, 0.3) is 10.9 Å². The van der Waals surface area contributed by atoms with Gasteiger partial charge in [0.2, 0.25) is 5.91 Å². The van der Waals surface area contributed by atoms with Crippen LogP contribution >= 0.6 is 0 Å². The van der Waals surface area contributed by atoms with E-state index in [1.807, 2.05) is 31.2 Å². The SMILES string of the molecule is CC(=O)N(CC(=O)O)C1CCCN(C(=O)c2cc3ccc(C)cc3[nH]2)CC1. The highest BCUT2D eigenvalue weighted by Gasteiger charge is 2.28. The summed E-state index contributed by atoms with van der Waals surface area (Å²) in [5.74, 6) is -1.32. The summed E-state index contributed by atoms with van der Waals surface area (Å²) in [4.78, 5) is 42.2. The van der Waals surface area contributed by atoms with E-state index in [1.165, 1.54) is 11.8 Å². The summed E-state index contributed by atoms with van der Waals surface area (Å²) in [6.45, 7) is 4.21. The Bertz CT molecular complexity index is 873. The van der Waals surface area contributed by atoms with E-state index >= 15 is 0 Å². The Labute approximate surface area is 157 Å². The molecular weight excluding hydrogens is 346 g/mol. The fraction of sp³-hybridized carbons (Fsp3) is 0.450. The molecule has 0 radical (unpaired) electrons. The zero-order valence-electron chi connectivity index (χ0n) is 15.7. The van der Waals surface area contributed by atoms with Gasteiger partial charge < -0.3 is 19.9 Å². The van der Waals surface area contributed by atoms with E-state index in [0.29, 0.717) is 31.6 Å². The summed E-state index contributed by atoms with van der Waals surface area (Å²) in [6.07, 6.45) is 2.01. The molecule has 2 N–H and O–H groups in total. The number of carbonyl (C=O) groups excluding carboxylic acids is 2. The van der Waals surface area contributed by atoms with Crippen LogP contribution in [0.5, 0.6) is 0 Å². The highest BCUT2D eigenvalue weighted by atomic mass is 16.4.